The summed E-state index contributed by atoms with van der Waals surface area (Å²) in [5, 5.41) is 15.4. The molecule has 0 spiro atoms. The summed E-state index contributed by atoms with van der Waals surface area (Å²) in [6.07, 6.45) is 1.58. The largest absolute Gasteiger partial charge is 0.340 e. The lowest BCUT2D eigenvalue weighted by molar-refractivity contribution is 0.0927. The Labute approximate surface area is 143 Å². The first kappa shape index (κ1) is 16.1. The second kappa shape index (κ2) is 6.40. The van der Waals surface area contributed by atoms with Crippen molar-refractivity contribution in [1.82, 2.24) is 34.8 Å². The number of rotatable bonds is 4. The number of para-hydroxylation sites is 1. The van der Waals surface area contributed by atoms with Gasteiger partial charge in [-0.25, -0.2) is 9.67 Å². The maximum atomic E-state index is 12.4. The molecule has 0 aliphatic heterocycles. The summed E-state index contributed by atoms with van der Waals surface area (Å²) in [4.78, 5) is 16.6. The molecule has 1 aromatic carbocycles. The summed E-state index contributed by atoms with van der Waals surface area (Å²) in [6, 6.07) is 6.92. The van der Waals surface area contributed by atoms with E-state index in [-0.39, 0.29) is 17.8 Å². The van der Waals surface area contributed by atoms with Crippen molar-refractivity contribution in [3.63, 3.8) is 0 Å². The smallest absolute Gasteiger partial charge is 0.291 e. The third-order valence-electron chi connectivity index (χ3n) is 3.53. The molecule has 0 unspecified atom stereocenters. The monoisotopic (exact) mass is 345 g/mol. The molecule has 2 aromatic heterocycles. The van der Waals surface area contributed by atoms with Gasteiger partial charge < -0.3 is 9.88 Å². The van der Waals surface area contributed by atoms with Crippen LogP contribution in [0.25, 0.3) is 5.69 Å². The van der Waals surface area contributed by atoms with Crippen LogP contribution >= 0.6 is 11.6 Å². The summed E-state index contributed by atoms with van der Waals surface area (Å²) in [7, 11) is 1.81. The van der Waals surface area contributed by atoms with Crippen LogP contribution in [0.4, 0.5) is 0 Å². The van der Waals surface area contributed by atoms with Crippen LogP contribution in [0.15, 0.2) is 30.6 Å². The second-order valence-electron chi connectivity index (χ2n) is 5.34. The van der Waals surface area contributed by atoms with Gasteiger partial charge in [0.15, 0.2) is 5.82 Å². The minimum Gasteiger partial charge on any atom is -0.340 e. The Balaban J connectivity index is 1.83. The van der Waals surface area contributed by atoms with Gasteiger partial charge in [0.1, 0.15) is 12.2 Å². The molecule has 24 heavy (non-hydrogen) atoms. The Morgan fingerprint density at radius 3 is 2.75 bits per heavy atom. The summed E-state index contributed by atoms with van der Waals surface area (Å²) < 4.78 is 3.29. The molecule has 1 atom stereocenters. The van der Waals surface area contributed by atoms with Crippen LogP contribution in [0.1, 0.15) is 35.2 Å². The first-order chi connectivity index (χ1) is 11.5. The molecule has 0 radical (unpaired) electrons. The van der Waals surface area contributed by atoms with Crippen molar-refractivity contribution >= 4 is 17.5 Å². The number of hydrogen-bond donors (Lipinski definition) is 1. The highest BCUT2D eigenvalue weighted by molar-refractivity contribution is 6.32. The highest BCUT2D eigenvalue weighted by Gasteiger charge is 2.20. The van der Waals surface area contributed by atoms with E-state index in [0.717, 1.165) is 0 Å². The third kappa shape index (κ3) is 3.00. The number of halogens is 1. The summed E-state index contributed by atoms with van der Waals surface area (Å²) in [5.74, 6) is 0.894. The lowest BCUT2D eigenvalue weighted by atomic mass is 10.3. The van der Waals surface area contributed by atoms with Gasteiger partial charge in [0.25, 0.3) is 5.91 Å². The molecule has 124 valence electrons. The van der Waals surface area contributed by atoms with E-state index in [2.05, 4.69) is 25.6 Å². The van der Waals surface area contributed by atoms with Gasteiger partial charge in [-0.1, -0.05) is 23.7 Å². The molecular weight excluding hydrogens is 330 g/mol. The number of carbonyl (C=O) groups excluding carboxylic acids is 1. The van der Waals surface area contributed by atoms with Crippen molar-refractivity contribution in [3.8, 4) is 5.69 Å². The van der Waals surface area contributed by atoms with Crippen LogP contribution in [-0.4, -0.2) is 35.4 Å². The summed E-state index contributed by atoms with van der Waals surface area (Å²) in [5.41, 5.74) is 0.671. The third-order valence-corrected chi connectivity index (χ3v) is 3.85. The predicted octanol–water partition coefficient (Wildman–Crippen LogP) is 1.85. The van der Waals surface area contributed by atoms with Crippen LogP contribution in [0.5, 0.6) is 0 Å². The number of hydrogen-bond acceptors (Lipinski definition) is 5. The van der Waals surface area contributed by atoms with Crippen LogP contribution in [0.3, 0.4) is 0 Å². The molecule has 3 aromatic rings. The number of carbonyl (C=O) groups is 1. The van der Waals surface area contributed by atoms with Crippen molar-refractivity contribution in [2.45, 2.75) is 19.9 Å². The van der Waals surface area contributed by atoms with Crippen molar-refractivity contribution in [3.05, 3.63) is 53.1 Å². The molecule has 0 saturated carbocycles. The van der Waals surface area contributed by atoms with Gasteiger partial charge in [-0.05, 0) is 26.0 Å². The van der Waals surface area contributed by atoms with Crippen LogP contribution in [0, 0.1) is 6.92 Å². The summed E-state index contributed by atoms with van der Waals surface area (Å²) in [6.45, 7) is 3.58. The van der Waals surface area contributed by atoms with Gasteiger partial charge in [0.05, 0.1) is 16.8 Å². The van der Waals surface area contributed by atoms with Crippen LogP contribution < -0.4 is 5.32 Å². The normalized spacial score (nSPS) is 12.2. The van der Waals surface area contributed by atoms with E-state index in [1.54, 1.807) is 28.6 Å². The molecule has 0 saturated heterocycles. The maximum absolute atomic E-state index is 12.4. The molecule has 0 bridgehead atoms. The van der Waals surface area contributed by atoms with Gasteiger partial charge in [0.2, 0.25) is 5.82 Å². The van der Waals surface area contributed by atoms with E-state index < -0.39 is 0 Å². The van der Waals surface area contributed by atoms with E-state index in [9.17, 15) is 4.79 Å². The van der Waals surface area contributed by atoms with Crippen LogP contribution in [0.2, 0.25) is 5.02 Å². The fourth-order valence-corrected chi connectivity index (χ4v) is 2.56. The molecule has 8 nitrogen and oxygen atoms in total. The predicted molar refractivity (Wildman–Crippen MR) is 88.0 cm³/mol. The fourth-order valence-electron chi connectivity index (χ4n) is 2.35. The molecule has 3 rings (SSSR count). The number of aromatic nitrogens is 6. The molecule has 9 heteroatoms. The van der Waals surface area contributed by atoms with E-state index in [4.69, 9.17) is 11.6 Å². The summed E-state index contributed by atoms with van der Waals surface area (Å²) >= 11 is 6.18. The van der Waals surface area contributed by atoms with Gasteiger partial charge >= 0.3 is 0 Å². The van der Waals surface area contributed by atoms with Crippen LogP contribution in [-0.2, 0) is 7.05 Å². The SMILES string of the molecule is Cc1nc(C(=O)N[C@H](C)c2nncn2C)nn1-c1ccccc1Cl. The first-order valence-electron chi connectivity index (χ1n) is 7.30. The molecule has 1 amide bonds. The van der Waals surface area contributed by atoms with Gasteiger partial charge in [-0.2, -0.15) is 0 Å². The number of amides is 1. The van der Waals surface area contributed by atoms with Crippen molar-refractivity contribution in [2.24, 2.45) is 7.05 Å². The van der Waals surface area contributed by atoms with Gasteiger partial charge in [-0.15, -0.1) is 15.3 Å². The highest BCUT2D eigenvalue weighted by atomic mass is 35.5. The Bertz CT molecular complexity index is 886. The van der Waals surface area contributed by atoms with Gasteiger partial charge in [-0.3, -0.25) is 4.79 Å². The minimum atomic E-state index is -0.389. The van der Waals surface area contributed by atoms with Crippen molar-refractivity contribution in [1.29, 1.82) is 0 Å². The number of nitrogens with one attached hydrogen (secondary N) is 1. The average molecular weight is 346 g/mol. The Morgan fingerprint density at radius 2 is 2.08 bits per heavy atom. The molecule has 1 N–H and O–H groups in total. The number of benzene rings is 1. The Kier molecular flexibility index (Phi) is 4.30. The number of nitrogens with zero attached hydrogens (tertiary/aromatic N) is 6. The maximum Gasteiger partial charge on any atom is 0.291 e. The van der Waals surface area contributed by atoms with Crippen molar-refractivity contribution in [2.75, 3.05) is 0 Å². The lowest BCUT2D eigenvalue weighted by Crippen LogP contribution is -2.29. The molecule has 0 aliphatic carbocycles. The van der Waals surface area contributed by atoms with Gasteiger partial charge in [0, 0.05) is 7.05 Å². The van der Waals surface area contributed by atoms with E-state index >= 15 is 0 Å². The van der Waals surface area contributed by atoms with E-state index in [1.165, 1.54) is 0 Å². The quantitative estimate of drug-likeness (QED) is 0.779. The Morgan fingerprint density at radius 1 is 1.33 bits per heavy atom. The highest BCUT2D eigenvalue weighted by Crippen LogP contribution is 2.20. The zero-order chi connectivity index (χ0) is 17.3. The standard InChI is InChI=1S/C15H16ClN7O/c1-9(14-20-17-8-22(14)3)18-15(24)13-19-10(2)23(21-13)12-7-5-4-6-11(12)16/h4-9H,1-3H3,(H,18,24)/t9-/m1/s1. The molecule has 0 aliphatic rings. The van der Waals surface area contributed by atoms with Crippen molar-refractivity contribution < 1.29 is 4.79 Å². The van der Waals surface area contributed by atoms with E-state index in [0.29, 0.717) is 22.4 Å². The molecular formula is C15H16ClN7O. The zero-order valence-electron chi connectivity index (χ0n) is 13.4. The fraction of sp³-hybridized carbons (Fsp3) is 0.267. The zero-order valence-corrected chi connectivity index (χ0v) is 14.2. The Hall–Kier alpha value is -2.74. The second-order valence-corrected chi connectivity index (χ2v) is 5.75. The molecule has 0 fully saturated rings. The average Bonchev–Trinajstić information content (AvgIpc) is 3.14. The number of aryl methyl sites for hydroxylation is 2. The molecule has 2 heterocycles. The lowest BCUT2D eigenvalue weighted by Gasteiger charge is -2.11. The van der Waals surface area contributed by atoms with E-state index in [1.807, 2.05) is 32.2 Å². The first-order valence-corrected chi connectivity index (χ1v) is 7.68. The topological polar surface area (TPSA) is 90.5 Å². The minimum absolute atomic E-state index is 0.0708.